The monoisotopic (exact) mass is 355 g/mol. The molecule has 3 heteroatoms. The molecule has 1 atom stereocenters. The molecule has 2 aromatic rings. The first-order valence-electron chi connectivity index (χ1n) is 7.54. The molecule has 0 radical (unpaired) electrons. The van der Waals surface area contributed by atoms with Gasteiger partial charge in [-0.2, -0.15) is 0 Å². The second kappa shape index (κ2) is 6.93. The van der Waals surface area contributed by atoms with E-state index in [1.54, 1.807) is 6.08 Å². The van der Waals surface area contributed by atoms with E-state index in [2.05, 4.69) is 39.4 Å². The summed E-state index contributed by atoms with van der Waals surface area (Å²) in [5.41, 5.74) is 3.63. The number of amides is 1. The molecule has 1 aliphatic carbocycles. The van der Waals surface area contributed by atoms with Crippen LogP contribution in [0.25, 0.3) is 6.08 Å². The van der Waals surface area contributed by atoms with Crippen LogP contribution in [0.4, 0.5) is 0 Å². The van der Waals surface area contributed by atoms with Gasteiger partial charge in [-0.25, -0.2) is 0 Å². The predicted octanol–water partition coefficient (Wildman–Crippen LogP) is 4.66. The maximum absolute atomic E-state index is 12.2. The Labute approximate surface area is 139 Å². The molecule has 2 nitrogen and oxygen atoms in total. The highest BCUT2D eigenvalue weighted by molar-refractivity contribution is 9.10. The molecule has 0 bridgehead atoms. The molecule has 2 aromatic carbocycles. The van der Waals surface area contributed by atoms with Crippen LogP contribution >= 0.6 is 15.9 Å². The molecule has 0 saturated carbocycles. The minimum absolute atomic E-state index is 0.0401. The van der Waals surface area contributed by atoms with E-state index in [0.29, 0.717) is 0 Å². The highest BCUT2D eigenvalue weighted by Crippen LogP contribution is 2.29. The number of nitrogens with one attached hydrogen (secondary N) is 1. The zero-order chi connectivity index (χ0) is 15.4. The molecular weight excluding hydrogens is 338 g/mol. The summed E-state index contributed by atoms with van der Waals surface area (Å²) in [6, 6.07) is 16.4. The third kappa shape index (κ3) is 3.66. The fourth-order valence-corrected chi connectivity index (χ4v) is 3.32. The number of rotatable bonds is 3. The van der Waals surface area contributed by atoms with Gasteiger partial charge in [0, 0.05) is 10.5 Å². The van der Waals surface area contributed by atoms with E-state index in [1.165, 1.54) is 11.1 Å². The smallest absolute Gasteiger partial charge is 0.244 e. The highest BCUT2D eigenvalue weighted by atomic mass is 79.9. The van der Waals surface area contributed by atoms with E-state index >= 15 is 0 Å². The second-order valence-electron chi connectivity index (χ2n) is 5.54. The normalized spacial score (nSPS) is 17.2. The Kier molecular flexibility index (Phi) is 4.74. The number of hydrogen-bond acceptors (Lipinski definition) is 1. The SMILES string of the molecule is O=C(/C=C/c1cccc(Br)c1)N[C@@H]1CCCc2ccccc21. The minimum Gasteiger partial charge on any atom is -0.346 e. The van der Waals surface area contributed by atoms with E-state index in [0.717, 1.165) is 29.3 Å². The van der Waals surface area contributed by atoms with Gasteiger partial charge < -0.3 is 5.32 Å². The van der Waals surface area contributed by atoms with Crippen LogP contribution in [0.2, 0.25) is 0 Å². The van der Waals surface area contributed by atoms with E-state index in [-0.39, 0.29) is 11.9 Å². The summed E-state index contributed by atoms with van der Waals surface area (Å²) in [6.07, 6.45) is 6.69. The Morgan fingerprint density at radius 2 is 2.05 bits per heavy atom. The molecular formula is C19H18BrNO. The highest BCUT2D eigenvalue weighted by Gasteiger charge is 2.20. The number of aryl methyl sites for hydroxylation is 1. The number of benzene rings is 2. The van der Waals surface area contributed by atoms with E-state index < -0.39 is 0 Å². The van der Waals surface area contributed by atoms with Crippen molar-refractivity contribution in [3.8, 4) is 0 Å². The van der Waals surface area contributed by atoms with Gasteiger partial charge in [0.1, 0.15) is 0 Å². The summed E-state index contributed by atoms with van der Waals surface area (Å²) >= 11 is 3.43. The number of carbonyl (C=O) groups is 1. The van der Waals surface area contributed by atoms with Crippen molar-refractivity contribution in [1.82, 2.24) is 5.32 Å². The average Bonchev–Trinajstić information content (AvgIpc) is 2.53. The molecule has 0 unspecified atom stereocenters. The molecule has 0 spiro atoms. The topological polar surface area (TPSA) is 29.1 Å². The molecule has 1 aliphatic rings. The standard InChI is InChI=1S/C19H18BrNO/c20-16-8-3-5-14(13-16)11-12-19(22)21-18-10-4-7-15-6-1-2-9-17(15)18/h1-3,5-6,8-9,11-13,18H,4,7,10H2,(H,21,22)/b12-11+/t18-/m1/s1. The quantitative estimate of drug-likeness (QED) is 0.797. The number of hydrogen-bond donors (Lipinski definition) is 1. The third-order valence-electron chi connectivity index (χ3n) is 3.96. The van der Waals surface area contributed by atoms with Gasteiger partial charge in [-0.15, -0.1) is 0 Å². The molecule has 0 fully saturated rings. The van der Waals surface area contributed by atoms with Crippen LogP contribution in [0, 0.1) is 0 Å². The largest absolute Gasteiger partial charge is 0.346 e. The Bertz CT molecular complexity index is 708. The minimum atomic E-state index is -0.0401. The molecule has 1 amide bonds. The number of fused-ring (bicyclic) bond motifs is 1. The Balaban J connectivity index is 1.68. The summed E-state index contributed by atoms with van der Waals surface area (Å²) in [5.74, 6) is -0.0401. The van der Waals surface area contributed by atoms with Gasteiger partial charge in [-0.05, 0) is 54.2 Å². The van der Waals surface area contributed by atoms with Crippen molar-refractivity contribution < 1.29 is 4.79 Å². The molecule has 3 rings (SSSR count). The lowest BCUT2D eigenvalue weighted by Crippen LogP contribution is -2.29. The number of halogens is 1. The second-order valence-corrected chi connectivity index (χ2v) is 6.46. The van der Waals surface area contributed by atoms with Crippen LogP contribution in [0.5, 0.6) is 0 Å². The van der Waals surface area contributed by atoms with Crippen LogP contribution in [0.3, 0.4) is 0 Å². The average molecular weight is 356 g/mol. The fraction of sp³-hybridized carbons (Fsp3) is 0.211. The lowest BCUT2D eigenvalue weighted by atomic mass is 9.88. The summed E-state index contributed by atoms with van der Waals surface area (Å²) < 4.78 is 1.01. The van der Waals surface area contributed by atoms with Crippen molar-refractivity contribution in [2.24, 2.45) is 0 Å². The van der Waals surface area contributed by atoms with Crippen LogP contribution in [0.1, 0.15) is 35.6 Å². The Morgan fingerprint density at radius 1 is 1.18 bits per heavy atom. The molecule has 0 saturated heterocycles. The van der Waals surface area contributed by atoms with Crippen LogP contribution in [-0.2, 0) is 11.2 Å². The molecule has 0 heterocycles. The first-order valence-corrected chi connectivity index (χ1v) is 8.33. The lowest BCUT2D eigenvalue weighted by molar-refractivity contribution is -0.117. The summed E-state index contributed by atoms with van der Waals surface area (Å²) in [7, 11) is 0. The summed E-state index contributed by atoms with van der Waals surface area (Å²) in [5, 5.41) is 3.12. The lowest BCUT2D eigenvalue weighted by Gasteiger charge is -2.25. The van der Waals surface area contributed by atoms with Crippen molar-refractivity contribution in [3.05, 3.63) is 75.8 Å². The van der Waals surface area contributed by atoms with Gasteiger partial charge in [0.05, 0.1) is 6.04 Å². The Hall–Kier alpha value is -1.87. The molecule has 22 heavy (non-hydrogen) atoms. The van der Waals surface area contributed by atoms with Crippen molar-refractivity contribution >= 4 is 27.9 Å². The van der Waals surface area contributed by atoms with Crippen LogP contribution in [-0.4, -0.2) is 5.91 Å². The molecule has 0 aliphatic heterocycles. The van der Waals surface area contributed by atoms with Gasteiger partial charge in [0.2, 0.25) is 5.91 Å². The van der Waals surface area contributed by atoms with Crippen molar-refractivity contribution in [3.63, 3.8) is 0 Å². The zero-order valence-corrected chi connectivity index (χ0v) is 13.8. The van der Waals surface area contributed by atoms with E-state index in [9.17, 15) is 4.79 Å². The van der Waals surface area contributed by atoms with E-state index in [1.807, 2.05) is 36.4 Å². The van der Waals surface area contributed by atoms with E-state index in [4.69, 9.17) is 0 Å². The van der Waals surface area contributed by atoms with Gasteiger partial charge in [-0.1, -0.05) is 52.3 Å². The summed E-state index contributed by atoms with van der Waals surface area (Å²) in [6.45, 7) is 0. The Morgan fingerprint density at radius 3 is 2.91 bits per heavy atom. The van der Waals surface area contributed by atoms with Gasteiger partial charge in [-0.3, -0.25) is 4.79 Å². The van der Waals surface area contributed by atoms with Crippen molar-refractivity contribution in [1.29, 1.82) is 0 Å². The first-order chi connectivity index (χ1) is 10.7. The van der Waals surface area contributed by atoms with Crippen LogP contribution in [0.15, 0.2) is 59.1 Å². The summed E-state index contributed by atoms with van der Waals surface area (Å²) in [4.78, 5) is 12.2. The maximum Gasteiger partial charge on any atom is 0.244 e. The van der Waals surface area contributed by atoms with Crippen LogP contribution < -0.4 is 5.32 Å². The molecule has 0 aromatic heterocycles. The van der Waals surface area contributed by atoms with Crippen molar-refractivity contribution in [2.75, 3.05) is 0 Å². The third-order valence-corrected chi connectivity index (χ3v) is 4.45. The van der Waals surface area contributed by atoms with Gasteiger partial charge >= 0.3 is 0 Å². The first kappa shape index (κ1) is 15.0. The van der Waals surface area contributed by atoms with Gasteiger partial charge in [0.25, 0.3) is 0 Å². The molecule has 112 valence electrons. The molecule has 1 N–H and O–H groups in total. The maximum atomic E-state index is 12.2. The number of carbonyl (C=O) groups excluding carboxylic acids is 1. The van der Waals surface area contributed by atoms with Gasteiger partial charge in [0.15, 0.2) is 0 Å². The zero-order valence-electron chi connectivity index (χ0n) is 12.3. The fourth-order valence-electron chi connectivity index (χ4n) is 2.91. The predicted molar refractivity (Wildman–Crippen MR) is 93.4 cm³/mol. The van der Waals surface area contributed by atoms with Crippen molar-refractivity contribution in [2.45, 2.75) is 25.3 Å².